The van der Waals surface area contributed by atoms with Gasteiger partial charge in [0, 0.05) is 11.4 Å². The second kappa shape index (κ2) is 4.74. The van der Waals surface area contributed by atoms with E-state index in [1.165, 1.54) is 0 Å². The average molecular weight is 271 g/mol. The summed E-state index contributed by atoms with van der Waals surface area (Å²) in [6.07, 6.45) is 4.16. The third-order valence-electron chi connectivity index (χ3n) is 4.32. The number of carboxylic acids is 1. The molecule has 1 aromatic heterocycles. The van der Waals surface area contributed by atoms with Gasteiger partial charge in [0.2, 0.25) is 0 Å². The van der Waals surface area contributed by atoms with Crippen molar-refractivity contribution in [3.8, 4) is 0 Å². The number of nitrogens with one attached hydrogen (secondary N) is 1. The van der Waals surface area contributed by atoms with Gasteiger partial charge in [-0.15, -0.1) is 0 Å². The first-order valence-corrected chi connectivity index (χ1v) is 6.81. The lowest BCUT2D eigenvalue weighted by molar-refractivity contribution is -0.147. The van der Waals surface area contributed by atoms with Crippen molar-refractivity contribution >= 4 is 22.6 Å². The molecule has 20 heavy (non-hydrogen) atoms. The van der Waals surface area contributed by atoms with E-state index in [9.17, 15) is 9.90 Å². The van der Waals surface area contributed by atoms with Gasteiger partial charge < -0.3 is 10.4 Å². The molecular weight excluding hydrogens is 254 g/mol. The number of rotatable bonds is 3. The van der Waals surface area contributed by atoms with Crippen LogP contribution in [-0.4, -0.2) is 27.3 Å². The Balaban J connectivity index is 1.96. The molecule has 2 N–H and O–H groups in total. The molecule has 1 saturated carbocycles. The van der Waals surface area contributed by atoms with Gasteiger partial charge in [-0.05, 0) is 25.8 Å². The van der Waals surface area contributed by atoms with E-state index in [1.54, 1.807) is 6.20 Å². The fourth-order valence-corrected chi connectivity index (χ4v) is 2.96. The van der Waals surface area contributed by atoms with Crippen LogP contribution in [-0.2, 0) is 4.79 Å². The quantitative estimate of drug-likeness (QED) is 0.897. The summed E-state index contributed by atoms with van der Waals surface area (Å²) in [4.78, 5) is 11.5. The molecule has 2 aromatic rings. The zero-order valence-electron chi connectivity index (χ0n) is 11.3. The smallest absolute Gasteiger partial charge is 0.311 e. The number of aromatic nitrogens is 2. The predicted molar refractivity (Wildman–Crippen MR) is 76.5 cm³/mol. The zero-order chi connectivity index (χ0) is 14.2. The van der Waals surface area contributed by atoms with Crippen molar-refractivity contribution < 1.29 is 9.90 Å². The van der Waals surface area contributed by atoms with Crippen LogP contribution in [0, 0.1) is 5.41 Å². The fraction of sp³-hybridized carbons (Fsp3) is 0.400. The van der Waals surface area contributed by atoms with Gasteiger partial charge >= 0.3 is 5.97 Å². The molecule has 1 fully saturated rings. The lowest BCUT2D eigenvalue weighted by Crippen LogP contribution is -2.40. The lowest BCUT2D eigenvalue weighted by Gasteiger charge is -2.28. The van der Waals surface area contributed by atoms with E-state index in [2.05, 4.69) is 15.5 Å². The number of carbonyl (C=O) groups is 1. The highest BCUT2D eigenvalue weighted by Crippen LogP contribution is 2.40. The van der Waals surface area contributed by atoms with Gasteiger partial charge in [-0.1, -0.05) is 24.6 Å². The summed E-state index contributed by atoms with van der Waals surface area (Å²) in [7, 11) is 0. The molecule has 0 amide bonds. The normalized spacial score (nSPS) is 25.8. The van der Waals surface area contributed by atoms with E-state index in [0.29, 0.717) is 6.42 Å². The molecule has 2 unspecified atom stereocenters. The highest BCUT2D eigenvalue weighted by molar-refractivity contribution is 5.90. The van der Waals surface area contributed by atoms with Gasteiger partial charge in [0.1, 0.15) is 0 Å². The second-order valence-electron chi connectivity index (χ2n) is 5.59. The zero-order valence-corrected chi connectivity index (χ0v) is 11.3. The van der Waals surface area contributed by atoms with Crippen molar-refractivity contribution in [2.75, 3.05) is 5.32 Å². The standard InChI is InChI=1S/C15H17N3O2/c1-15(14(19)20)8-4-7-13(15)17-12-9-16-18-11-6-3-2-5-10(11)12/h2-3,5-6,9,13H,4,7-8H2,1H3,(H,17,18)(H,19,20). The number of hydrogen-bond acceptors (Lipinski definition) is 4. The van der Waals surface area contributed by atoms with Gasteiger partial charge in [0.25, 0.3) is 0 Å². The SMILES string of the molecule is CC1(C(=O)O)CCCC1Nc1cnnc2ccccc12. The van der Waals surface area contributed by atoms with Crippen molar-refractivity contribution in [3.05, 3.63) is 30.5 Å². The monoisotopic (exact) mass is 271 g/mol. The molecule has 0 radical (unpaired) electrons. The van der Waals surface area contributed by atoms with Crippen molar-refractivity contribution in [1.82, 2.24) is 10.2 Å². The maximum atomic E-state index is 11.5. The van der Waals surface area contributed by atoms with Crippen LogP contribution in [0.4, 0.5) is 5.69 Å². The van der Waals surface area contributed by atoms with Crippen LogP contribution in [0.1, 0.15) is 26.2 Å². The van der Waals surface area contributed by atoms with Crippen LogP contribution in [0.2, 0.25) is 0 Å². The largest absolute Gasteiger partial charge is 0.481 e. The molecule has 0 aliphatic heterocycles. The molecule has 5 heteroatoms. The molecule has 1 aliphatic rings. The third kappa shape index (κ3) is 1.99. The predicted octanol–water partition coefficient (Wildman–Crippen LogP) is 2.69. The Kier molecular flexibility index (Phi) is 3.04. The minimum atomic E-state index is -0.737. The first kappa shape index (κ1) is 12.8. The van der Waals surface area contributed by atoms with E-state index < -0.39 is 11.4 Å². The third-order valence-corrected chi connectivity index (χ3v) is 4.32. The van der Waals surface area contributed by atoms with Crippen LogP contribution in [0.25, 0.3) is 10.9 Å². The Morgan fingerprint density at radius 2 is 2.25 bits per heavy atom. The highest BCUT2D eigenvalue weighted by Gasteiger charge is 2.45. The van der Waals surface area contributed by atoms with Crippen molar-refractivity contribution in [3.63, 3.8) is 0 Å². The minimum absolute atomic E-state index is 0.0763. The molecule has 1 aliphatic carbocycles. The van der Waals surface area contributed by atoms with Crippen molar-refractivity contribution in [1.29, 1.82) is 0 Å². The summed E-state index contributed by atoms with van der Waals surface area (Å²) in [5.74, 6) is -0.737. The van der Waals surface area contributed by atoms with Crippen LogP contribution < -0.4 is 5.32 Å². The number of nitrogens with zero attached hydrogens (tertiary/aromatic N) is 2. The molecule has 3 rings (SSSR count). The second-order valence-corrected chi connectivity index (χ2v) is 5.59. The topological polar surface area (TPSA) is 75.1 Å². The molecule has 2 atom stereocenters. The Hall–Kier alpha value is -2.17. The molecular formula is C15H17N3O2. The van der Waals surface area contributed by atoms with Crippen molar-refractivity contribution in [2.45, 2.75) is 32.2 Å². The summed E-state index contributed by atoms with van der Waals surface area (Å²) < 4.78 is 0. The molecule has 104 valence electrons. The van der Waals surface area contributed by atoms with Gasteiger partial charge in [-0.3, -0.25) is 4.79 Å². The number of hydrogen-bond donors (Lipinski definition) is 2. The fourth-order valence-electron chi connectivity index (χ4n) is 2.96. The van der Waals surface area contributed by atoms with Crippen LogP contribution in [0.3, 0.4) is 0 Å². The summed E-state index contributed by atoms with van der Waals surface area (Å²) in [6.45, 7) is 1.82. The Bertz CT molecular complexity index is 653. The van der Waals surface area contributed by atoms with Crippen LogP contribution in [0.15, 0.2) is 30.5 Å². The summed E-state index contributed by atoms with van der Waals surface area (Å²) in [5, 5.41) is 21.9. The summed E-state index contributed by atoms with van der Waals surface area (Å²) in [6, 6.07) is 7.66. The van der Waals surface area contributed by atoms with Gasteiger partial charge in [0.15, 0.2) is 0 Å². The Morgan fingerprint density at radius 1 is 1.45 bits per heavy atom. The minimum Gasteiger partial charge on any atom is -0.481 e. The maximum Gasteiger partial charge on any atom is 0.311 e. The summed E-state index contributed by atoms with van der Waals surface area (Å²) >= 11 is 0. The number of anilines is 1. The van der Waals surface area contributed by atoms with Gasteiger partial charge in [-0.25, -0.2) is 0 Å². The van der Waals surface area contributed by atoms with E-state index in [4.69, 9.17) is 0 Å². The average Bonchev–Trinajstić information content (AvgIpc) is 2.82. The number of aliphatic carboxylic acids is 1. The maximum absolute atomic E-state index is 11.5. The van der Waals surface area contributed by atoms with E-state index >= 15 is 0 Å². The Labute approximate surface area is 117 Å². The Morgan fingerprint density at radius 3 is 3.05 bits per heavy atom. The molecule has 0 spiro atoms. The molecule has 1 heterocycles. The molecule has 1 aromatic carbocycles. The first-order chi connectivity index (χ1) is 9.61. The van der Waals surface area contributed by atoms with Gasteiger partial charge in [-0.2, -0.15) is 10.2 Å². The molecule has 0 bridgehead atoms. The first-order valence-electron chi connectivity index (χ1n) is 6.81. The summed E-state index contributed by atoms with van der Waals surface area (Å²) in [5.41, 5.74) is 0.951. The number of benzene rings is 1. The van der Waals surface area contributed by atoms with Gasteiger partial charge in [0.05, 0.1) is 22.8 Å². The van der Waals surface area contributed by atoms with Crippen LogP contribution >= 0.6 is 0 Å². The molecule has 0 saturated heterocycles. The lowest BCUT2D eigenvalue weighted by atomic mass is 9.85. The number of fused-ring (bicyclic) bond motifs is 1. The van der Waals surface area contributed by atoms with Crippen LogP contribution in [0.5, 0.6) is 0 Å². The van der Waals surface area contributed by atoms with E-state index in [-0.39, 0.29) is 6.04 Å². The van der Waals surface area contributed by atoms with E-state index in [0.717, 1.165) is 29.4 Å². The molecule has 5 nitrogen and oxygen atoms in total. The number of carboxylic acid groups (broad SMARTS) is 1. The highest BCUT2D eigenvalue weighted by atomic mass is 16.4. The van der Waals surface area contributed by atoms with Crippen molar-refractivity contribution in [2.24, 2.45) is 5.41 Å². The van der Waals surface area contributed by atoms with E-state index in [1.807, 2.05) is 31.2 Å².